The van der Waals surface area contributed by atoms with E-state index in [4.69, 9.17) is 23.0 Å². The fraction of sp³-hybridized carbons (Fsp3) is 0.769. The molecule has 4 saturated carbocycles. The van der Waals surface area contributed by atoms with E-state index in [1.54, 1.807) is 27.7 Å². The summed E-state index contributed by atoms with van der Waals surface area (Å²) in [6, 6.07) is 0. The molecular formula is C39H54O11. The fourth-order valence-electron chi connectivity index (χ4n) is 11.6. The molecule has 1 N–H and O–H groups in total. The van der Waals surface area contributed by atoms with Gasteiger partial charge in [0.2, 0.25) is 0 Å². The number of hydrogen-bond acceptors (Lipinski definition) is 10. The van der Waals surface area contributed by atoms with Crippen LogP contribution in [-0.4, -0.2) is 41.2 Å². The average Bonchev–Trinajstić information content (AvgIpc) is 3.34. The Morgan fingerprint density at radius 1 is 0.940 bits per heavy atom. The SMILES string of the molecule is Cc1oc(=O)oc1COC(=O)[C@@]1(C)C2CC[C@]3(C)[C@H](C(=O)C=C4[C@@H]5C[C@@](C)(C(=O)O)CC[C@]5(C)CC[C@]43C)[C@@]2(C)CC[C@@H]1OC(=O)OC(C)C. The van der Waals surface area contributed by atoms with Gasteiger partial charge < -0.3 is 28.2 Å². The Bertz CT molecular complexity index is 1680. The largest absolute Gasteiger partial charge is 0.519 e. The van der Waals surface area contributed by atoms with Crippen LogP contribution in [-0.2, 0) is 35.2 Å². The van der Waals surface area contributed by atoms with Crippen LogP contribution in [0.1, 0.15) is 125 Å². The van der Waals surface area contributed by atoms with E-state index in [9.17, 15) is 29.1 Å². The number of esters is 1. The minimum absolute atomic E-state index is 0.00821. The van der Waals surface area contributed by atoms with E-state index in [-0.39, 0.29) is 40.7 Å². The molecule has 0 radical (unpaired) electrons. The summed E-state index contributed by atoms with van der Waals surface area (Å²) in [6.45, 7) is 17.2. The van der Waals surface area contributed by atoms with Crippen LogP contribution in [0, 0.1) is 57.2 Å². The molecule has 0 bridgehead atoms. The molecule has 5 aliphatic rings. The maximum atomic E-state index is 14.8. The standard InChI is InChI=1S/C39H54O11/c1-21(2)47-32(44)50-28-11-12-36(6)27(39(28,9)31(43)46-20-26-22(3)48-33(45)49-26)10-13-38(8)29(36)25(40)18-23-24-19-35(5,30(41)42)15-14-34(24,4)16-17-37(23,38)7/h18,21,24,27-29H,10-17,19-20H2,1-9H3,(H,41,42)/t24-,27?,28-,29+,34+,35-,36-,37+,38+,39-/m0/s1. The lowest BCUT2D eigenvalue weighted by atomic mass is 9.33. The lowest BCUT2D eigenvalue weighted by molar-refractivity contribution is -0.220. The zero-order valence-corrected chi connectivity index (χ0v) is 31.1. The molecule has 0 saturated heterocycles. The first kappa shape index (κ1) is 36.4. The Labute approximate surface area is 293 Å². The van der Waals surface area contributed by atoms with Gasteiger partial charge in [0, 0.05) is 5.92 Å². The number of carboxylic acids is 1. The molecule has 0 aromatic carbocycles. The molecule has 1 aromatic heterocycles. The van der Waals surface area contributed by atoms with Crippen molar-refractivity contribution in [2.75, 3.05) is 0 Å². The molecule has 1 unspecified atom stereocenters. The maximum absolute atomic E-state index is 14.8. The summed E-state index contributed by atoms with van der Waals surface area (Å²) >= 11 is 0. The van der Waals surface area contributed by atoms with Gasteiger partial charge in [-0.25, -0.2) is 9.59 Å². The quantitative estimate of drug-likeness (QED) is 0.292. The van der Waals surface area contributed by atoms with Gasteiger partial charge in [0.05, 0.1) is 11.5 Å². The highest BCUT2D eigenvalue weighted by Crippen LogP contribution is 2.75. The molecule has 0 spiro atoms. The predicted octanol–water partition coefficient (Wildman–Crippen LogP) is 7.56. The number of carbonyl (C=O) groups excluding carboxylic acids is 3. The molecule has 11 nitrogen and oxygen atoms in total. The summed E-state index contributed by atoms with van der Waals surface area (Å²) in [7, 11) is 0. The number of hydrogen-bond donors (Lipinski definition) is 1. The van der Waals surface area contributed by atoms with Crippen LogP contribution in [0.3, 0.4) is 0 Å². The first-order chi connectivity index (χ1) is 23.1. The molecule has 5 aliphatic carbocycles. The van der Waals surface area contributed by atoms with Crippen molar-refractivity contribution in [3.8, 4) is 0 Å². The summed E-state index contributed by atoms with van der Waals surface area (Å²) in [5, 5.41) is 10.2. The molecular weight excluding hydrogens is 644 g/mol. The van der Waals surface area contributed by atoms with E-state index >= 15 is 0 Å². The number of fused-ring (bicyclic) bond motifs is 7. The van der Waals surface area contributed by atoms with Gasteiger partial charge >= 0.3 is 23.9 Å². The topological polar surface area (TPSA) is 160 Å². The lowest BCUT2D eigenvalue weighted by Gasteiger charge is -2.70. The van der Waals surface area contributed by atoms with E-state index in [2.05, 4.69) is 27.7 Å². The number of carbonyl (C=O) groups is 4. The van der Waals surface area contributed by atoms with Gasteiger partial charge in [0.1, 0.15) is 11.5 Å². The highest BCUT2D eigenvalue weighted by Gasteiger charge is 2.72. The summed E-state index contributed by atoms with van der Waals surface area (Å²) < 4.78 is 27.1. The van der Waals surface area contributed by atoms with Gasteiger partial charge in [-0.15, -0.1) is 0 Å². The van der Waals surface area contributed by atoms with Crippen LogP contribution in [0.4, 0.5) is 4.79 Å². The number of aryl methyl sites for hydroxylation is 1. The van der Waals surface area contributed by atoms with Gasteiger partial charge in [-0.05, 0) is 132 Å². The van der Waals surface area contributed by atoms with Crippen LogP contribution >= 0.6 is 0 Å². The third-order valence-electron chi connectivity index (χ3n) is 14.9. The Morgan fingerprint density at radius 2 is 1.62 bits per heavy atom. The summed E-state index contributed by atoms with van der Waals surface area (Å²) in [6.07, 6.45) is 5.60. The van der Waals surface area contributed by atoms with Crippen LogP contribution in [0.2, 0.25) is 0 Å². The van der Waals surface area contributed by atoms with Gasteiger partial charge in [-0.2, -0.15) is 0 Å². The van der Waals surface area contributed by atoms with Crippen LogP contribution in [0.5, 0.6) is 0 Å². The molecule has 6 rings (SSSR count). The number of ketones is 1. The molecule has 50 heavy (non-hydrogen) atoms. The van der Waals surface area contributed by atoms with E-state index in [0.29, 0.717) is 38.5 Å². The first-order valence-electron chi connectivity index (χ1n) is 18.3. The Kier molecular flexibility index (Phi) is 8.62. The molecule has 4 fully saturated rings. The van der Waals surface area contributed by atoms with Crippen molar-refractivity contribution in [1.82, 2.24) is 0 Å². The molecule has 11 heteroatoms. The molecule has 10 atom stereocenters. The number of ether oxygens (including phenoxy) is 3. The lowest BCUT2D eigenvalue weighted by Crippen LogP contribution is -2.68. The fourth-order valence-corrected chi connectivity index (χ4v) is 11.6. The Hall–Kier alpha value is -3.37. The number of carboxylic acid groups (broad SMARTS) is 1. The van der Waals surface area contributed by atoms with Crippen LogP contribution < -0.4 is 5.82 Å². The van der Waals surface area contributed by atoms with Crippen LogP contribution in [0.25, 0.3) is 0 Å². The normalized spacial score (nSPS) is 42.3. The monoisotopic (exact) mass is 698 g/mol. The van der Waals surface area contributed by atoms with Gasteiger partial charge in [-0.3, -0.25) is 14.4 Å². The van der Waals surface area contributed by atoms with E-state index in [0.717, 1.165) is 24.8 Å². The van der Waals surface area contributed by atoms with E-state index in [1.807, 2.05) is 13.0 Å². The molecule has 1 heterocycles. The second kappa shape index (κ2) is 11.8. The zero-order valence-electron chi connectivity index (χ0n) is 31.1. The molecule has 276 valence electrons. The van der Waals surface area contributed by atoms with Crippen molar-refractivity contribution < 1.29 is 47.3 Å². The summed E-state index contributed by atoms with van der Waals surface area (Å²) in [4.78, 5) is 66.3. The Morgan fingerprint density at radius 3 is 2.24 bits per heavy atom. The van der Waals surface area contributed by atoms with Crippen molar-refractivity contribution in [3.05, 3.63) is 33.8 Å². The zero-order chi connectivity index (χ0) is 36.8. The minimum Gasteiger partial charge on any atom is -0.481 e. The van der Waals surface area contributed by atoms with Crippen LogP contribution in [0.15, 0.2) is 25.3 Å². The van der Waals surface area contributed by atoms with Gasteiger partial charge in [-0.1, -0.05) is 33.3 Å². The van der Waals surface area contributed by atoms with Crippen molar-refractivity contribution in [2.24, 2.45) is 50.2 Å². The molecule has 1 aromatic rings. The highest BCUT2D eigenvalue weighted by atomic mass is 16.7. The van der Waals surface area contributed by atoms with Crippen molar-refractivity contribution in [3.63, 3.8) is 0 Å². The Balaban J connectivity index is 1.39. The third-order valence-corrected chi connectivity index (χ3v) is 14.9. The maximum Gasteiger partial charge on any atom is 0.519 e. The van der Waals surface area contributed by atoms with Gasteiger partial charge in [0.25, 0.3) is 0 Å². The average molecular weight is 699 g/mol. The van der Waals surface area contributed by atoms with E-state index in [1.165, 1.54) is 0 Å². The van der Waals surface area contributed by atoms with Crippen molar-refractivity contribution >= 4 is 23.9 Å². The summed E-state index contributed by atoms with van der Waals surface area (Å²) in [5.74, 6) is -2.79. The van der Waals surface area contributed by atoms with Crippen molar-refractivity contribution in [1.29, 1.82) is 0 Å². The molecule has 0 aliphatic heterocycles. The predicted molar refractivity (Wildman–Crippen MR) is 180 cm³/mol. The number of aliphatic carboxylic acids is 1. The number of rotatable bonds is 6. The van der Waals surface area contributed by atoms with Crippen molar-refractivity contribution in [2.45, 2.75) is 139 Å². The smallest absolute Gasteiger partial charge is 0.481 e. The van der Waals surface area contributed by atoms with Gasteiger partial charge in [0.15, 0.2) is 23.9 Å². The second-order valence-corrected chi connectivity index (χ2v) is 17.9. The minimum atomic E-state index is -1.36. The number of allylic oxidation sites excluding steroid dienone is 2. The third kappa shape index (κ3) is 5.22. The first-order valence-corrected chi connectivity index (χ1v) is 18.3. The molecule has 0 amide bonds. The van der Waals surface area contributed by atoms with E-state index < -0.39 is 69.6 Å². The second-order valence-electron chi connectivity index (χ2n) is 17.9. The highest BCUT2D eigenvalue weighted by molar-refractivity contribution is 5.96. The summed E-state index contributed by atoms with van der Waals surface area (Å²) in [5.41, 5.74) is -2.62.